The molecule has 0 amide bonds. The normalized spacial score (nSPS) is 21.0. The van der Waals surface area contributed by atoms with Gasteiger partial charge in [0.15, 0.2) is 0 Å². The molecule has 0 bridgehead atoms. The Balaban J connectivity index is 2.12. The molecule has 1 heterocycles. The zero-order valence-electron chi connectivity index (χ0n) is 11.4. The summed E-state index contributed by atoms with van der Waals surface area (Å²) in [6.45, 7) is 8.74. The van der Waals surface area contributed by atoms with Crippen LogP contribution in [0.15, 0.2) is 5.38 Å². The van der Waals surface area contributed by atoms with Gasteiger partial charge in [-0.15, -0.1) is 11.3 Å². The van der Waals surface area contributed by atoms with Gasteiger partial charge >= 0.3 is 0 Å². The van der Waals surface area contributed by atoms with Crippen LogP contribution in [0.1, 0.15) is 64.1 Å². The molecule has 3 heteroatoms. The molecule has 0 aromatic carbocycles. The first kappa shape index (κ1) is 13.0. The molecule has 1 aliphatic carbocycles. The van der Waals surface area contributed by atoms with Crippen molar-refractivity contribution >= 4 is 11.3 Å². The van der Waals surface area contributed by atoms with Crippen LogP contribution >= 0.6 is 11.3 Å². The highest BCUT2D eigenvalue weighted by molar-refractivity contribution is 7.09. The van der Waals surface area contributed by atoms with Crippen LogP contribution in [0.3, 0.4) is 0 Å². The summed E-state index contributed by atoms with van der Waals surface area (Å²) < 4.78 is 0. The van der Waals surface area contributed by atoms with E-state index in [1.54, 1.807) is 11.3 Å². The first-order valence-corrected chi connectivity index (χ1v) is 7.42. The van der Waals surface area contributed by atoms with Crippen LogP contribution in [0.2, 0.25) is 0 Å². The van der Waals surface area contributed by atoms with Crippen LogP contribution in [-0.2, 0) is 11.0 Å². The van der Waals surface area contributed by atoms with Crippen molar-refractivity contribution in [1.29, 1.82) is 0 Å². The molecular weight excluding hydrogens is 228 g/mol. The van der Waals surface area contributed by atoms with Crippen LogP contribution in [0.4, 0.5) is 0 Å². The fourth-order valence-electron chi connectivity index (χ4n) is 2.26. The molecule has 1 fully saturated rings. The minimum absolute atomic E-state index is 0.126. The maximum absolute atomic E-state index is 6.45. The first-order chi connectivity index (χ1) is 7.79. The second kappa shape index (κ2) is 4.36. The maximum Gasteiger partial charge on any atom is 0.113 e. The Morgan fingerprint density at radius 1 is 1.35 bits per heavy atom. The topological polar surface area (TPSA) is 38.9 Å². The maximum atomic E-state index is 6.45. The number of hydrogen-bond donors (Lipinski definition) is 1. The zero-order chi connectivity index (χ0) is 12.7. The Labute approximate surface area is 109 Å². The lowest BCUT2D eigenvalue weighted by Gasteiger charge is -2.33. The third-order valence-electron chi connectivity index (χ3n) is 3.70. The van der Waals surface area contributed by atoms with E-state index in [2.05, 4.69) is 33.1 Å². The summed E-state index contributed by atoms with van der Waals surface area (Å²) in [5.74, 6) is 0.826. The fraction of sp³-hybridized carbons (Fsp3) is 0.786. The van der Waals surface area contributed by atoms with Gasteiger partial charge in [0, 0.05) is 10.8 Å². The Morgan fingerprint density at radius 2 is 2.00 bits per heavy atom. The molecule has 0 spiro atoms. The lowest BCUT2D eigenvalue weighted by atomic mass is 9.77. The van der Waals surface area contributed by atoms with Gasteiger partial charge < -0.3 is 5.73 Å². The Morgan fingerprint density at radius 3 is 2.41 bits per heavy atom. The first-order valence-electron chi connectivity index (χ1n) is 6.54. The van der Waals surface area contributed by atoms with Gasteiger partial charge in [0.1, 0.15) is 5.01 Å². The summed E-state index contributed by atoms with van der Waals surface area (Å²) in [6.07, 6.45) is 5.17. The van der Waals surface area contributed by atoms with Crippen molar-refractivity contribution in [2.75, 3.05) is 0 Å². The van der Waals surface area contributed by atoms with Gasteiger partial charge in [-0.3, -0.25) is 0 Å². The third kappa shape index (κ3) is 2.89. The molecule has 2 rings (SSSR count). The third-order valence-corrected chi connectivity index (χ3v) is 4.82. The summed E-state index contributed by atoms with van der Waals surface area (Å²) in [4.78, 5) is 4.76. The largest absolute Gasteiger partial charge is 0.320 e. The van der Waals surface area contributed by atoms with E-state index in [1.807, 2.05) is 0 Å². The van der Waals surface area contributed by atoms with Crippen LogP contribution in [0, 0.1) is 5.92 Å². The van der Waals surface area contributed by atoms with Crippen LogP contribution < -0.4 is 5.73 Å². The highest BCUT2D eigenvalue weighted by Gasteiger charge is 2.32. The average Bonchev–Trinajstić information content (AvgIpc) is 2.59. The Kier molecular flexibility index (Phi) is 3.34. The van der Waals surface area contributed by atoms with E-state index in [0.717, 1.165) is 17.3 Å². The monoisotopic (exact) mass is 252 g/mol. The van der Waals surface area contributed by atoms with Crippen molar-refractivity contribution in [2.24, 2.45) is 11.7 Å². The second-order valence-corrected chi connectivity index (χ2v) is 7.56. The minimum Gasteiger partial charge on any atom is -0.320 e. The summed E-state index contributed by atoms with van der Waals surface area (Å²) in [5, 5.41) is 3.27. The SMILES string of the molecule is CC(C)(C)c1csc(C(C)(N)CC2CCC2)n1. The number of nitrogens with two attached hydrogens (primary N) is 1. The van der Waals surface area contributed by atoms with E-state index in [0.29, 0.717) is 0 Å². The molecule has 1 saturated carbocycles. The van der Waals surface area contributed by atoms with Gasteiger partial charge in [-0.2, -0.15) is 0 Å². The van der Waals surface area contributed by atoms with Crippen LogP contribution in [-0.4, -0.2) is 4.98 Å². The number of thiazole rings is 1. The summed E-state index contributed by atoms with van der Waals surface area (Å²) in [5.41, 5.74) is 7.51. The molecule has 96 valence electrons. The fourth-order valence-corrected chi connectivity index (χ4v) is 3.40. The molecule has 2 nitrogen and oxygen atoms in total. The number of rotatable bonds is 3. The smallest absolute Gasteiger partial charge is 0.113 e. The van der Waals surface area contributed by atoms with E-state index >= 15 is 0 Å². The summed E-state index contributed by atoms with van der Waals surface area (Å²) in [7, 11) is 0. The molecule has 17 heavy (non-hydrogen) atoms. The minimum atomic E-state index is -0.237. The van der Waals surface area contributed by atoms with Gasteiger partial charge in [0.05, 0.1) is 11.2 Å². The molecule has 1 aromatic rings. The van der Waals surface area contributed by atoms with Gasteiger partial charge in [0.25, 0.3) is 0 Å². The van der Waals surface area contributed by atoms with Crippen molar-refractivity contribution in [3.8, 4) is 0 Å². The number of hydrogen-bond acceptors (Lipinski definition) is 3. The van der Waals surface area contributed by atoms with Crippen molar-refractivity contribution in [2.45, 2.75) is 64.3 Å². The van der Waals surface area contributed by atoms with Gasteiger partial charge in [-0.25, -0.2) is 4.98 Å². The Hall–Kier alpha value is -0.410. The predicted octanol–water partition coefficient (Wildman–Crippen LogP) is 3.80. The molecule has 2 N–H and O–H groups in total. The second-order valence-electron chi connectivity index (χ2n) is 6.71. The van der Waals surface area contributed by atoms with Crippen molar-refractivity contribution in [3.63, 3.8) is 0 Å². The lowest BCUT2D eigenvalue weighted by Crippen LogP contribution is -2.37. The van der Waals surface area contributed by atoms with Crippen molar-refractivity contribution in [1.82, 2.24) is 4.98 Å². The molecular formula is C14H24N2S. The molecule has 1 aromatic heterocycles. The van der Waals surface area contributed by atoms with Gasteiger partial charge in [0.2, 0.25) is 0 Å². The molecule has 0 aliphatic heterocycles. The van der Waals surface area contributed by atoms with E-state index < -0.39 is 0 Å². The zero-order valence-corrected chi connectivity index (χ0v) is 12.2. The highest BCUT2D eigenvalue weighted by Crippen LogP contribution is 2.38. The summed E-state index contributed by atoms with van der Waals surface area (Å²) >= 11 is 1.72. The van der Waals surface area contributed by atoms with Crippen LogP contribution in [0.25, 0.3) is 0 Å². The molecule has 1 aliphatic rings. The van der Waals surface area contributed by atoms with E-state index in [1.165, 1.54) is 25.0 Å². The van der Waals surface area contributed by atoms with E-state index in [-0.39, 0.29) is 11.0 Å². The number of aromatic nitrogens is 1. The quantitative estimate of drug-likeness (QED) is 0.888. The standard InChI is InChI=1S/C14H24N2S/c1-13(2,3)11-9-17-12(16-11)14(4,15)8-10-6-5-7-10/h9-10H,5-8,15H2,1-4H3. The van der Waals surface area contributed by atoms with Gasteiger partial charge in [-0.05, 0) is 19.3 Å². The Bertz CT molecular complexity index is 383. The highest BCUT2D eigenvalue weighted by atomic mass is 32.1. The molecule has 1 atom stereocenters. The molecule has 1 unspecified atom stereocenters. The van der Waals surface area contributed by atoms with Crippen molar-refractivity contribution in [3.05, 3.63) is 16.1 Å². The molecule has 0 saturated heterocycles. The number of nitrogens with zero attached hydrogens (tertiary/aromatic N) is 1. The predicted molar refractivity (Wildman–Crippen MR) is 74.3 cm³/mol. The average molecular weight is 252 g/mol. The van der Waals surface area contributed by atoms with Gasteiger partial charge in [-0.1, -0.05) is 40.0 Å². The van der Waals surface area contributed by atoms with E-state index in [9.17, 15) is 0 Å². The lowest BCUT2D eigenvalue weighted by molar-refractivity contribution is 0.235. The summed E-state index contributed by atoms with van der Waals surface area (Å²) in [6, 6.07) is 0. The molecule has 0 radical (unpaired) electrons. The van der Waals surface area contributed by atoms with E-state index in [4.69, 9.17) is 10.7 Å². The van der Waals surface area contributed by atoms with Crippen molar-refractivity contribution < 1.29 is 0 Å². The van der Waals surface area contributed by atoms with Crippen LogP contribution in [0.5, 0.6) is 0 Å².